The smallest absolute Gasteiger partial charge is 0.257 e. The molecule has 1 atom stereocenters. The van der Waals surface area contributed by atoms with Gasteiger partial charge in [-0.05, 0) is 31.4 Å². The molecule has 0 aromatic heterocycles. The number of hydrogen-bond acceptors (Lipinski definition) is 2. The van der Waals surface area contributed by atoms with Gasteiger partial charge in [0.05, 0.1) is 10.6 Å². The van der Waals surface area contributed by atoms with Gasteiger partial charge in [-0.1, -0.05) is 24.6 Å². The number of carbonyl (C=O) groups is 1. The predicted octanol–water partition coefficient (Wildman–Crippen LogP) is 2.94. The fraction of sp³-hybridized carbons (Fsp3) is 0.462. The Bertz CT molecular complexity index is 413. The van der Waals surface area contributed by atoms with E-state index in [2.05, 4.69) is 6.92 Å². The van der Waals surface area contributed by atoms with Crippen molar-refractivity contribution >= 4 is 23.2 Å². The zero-order chi connectivity index (χ0) is 12.4. The number of likely N-dealkylation sites (tertiary alicyclic amines) is 1. The van der Waals surface area contributed by atoms with Gasteiger partial charge in [0.1, 0.15) is 0 Å². The molecule has 0 spiro atoms. The molecule has 1 aromatic rings. The number of anilines is 1. The number of nitrogen functional groups attached to an aromatic ring is 1. The molecular weight excluding hydrogens is 236 g/mol. The minimum Gasteiger partial charge on any atom is -0.398 e. The van der Waals surface area contributed by atoms with E-state index in [4.69, 9.17) is 17.3 Å². The fourth-order valence-electron chi connectivity index (χ4n) is 2.44. The summed E-state index contributed by atoms with van der Waals surface area (Å²) in [7, 11) is 0. The van der Waals surface area contributed by atoms with E-state index >= 15 is 0 Å². The molecular formula is C13H17ClN2O. The molecule has 1 saturated heterocycles. The van der Waals surface area contributed by atoms with Crippen molar-refractivity contribution in [2.45, 2.75) is 32.2 Å². The molecule has 17 heavy (non-hydrogen) atoms. The molecule has 1 fully saturated rings. The Morgan fingerprint density at radius 3 is 3.00 bits per heavy atom. The third kappa shape index (κ3) is 2.25. The topological polar surface area (TPSA) is 46.3 Å². The SMILES string of the molecule is CCC1CCCN1C(=O)c1c(N)cccc1Cl. The van der Waals surface area contributed by atoms with Crippen molar-refractivity contribution in [3.8, 4) is 0 Å². The molecule has 1 aliphatic heterocycles. The molecule has 2 rings (SSSR count). The Morgan fingerprint density at radius 1 is 1.59 bits per heavy atom. The first-order chi connectivity index (χ1) is 8.15. The molecule has 92 valence electrons. The molecule has 3 nitrogen and oxygen atoms in total. The Labute approximate surface area is 107 Å². The predicted molar refractivity (Wildman–Crippen MR) is 70.2 cm³/mol. The maximum atomic E-state index is 12.4. The van der Waals surface area contributed by atoms with Crippen LogP contribution in [0.15, 0.2) is 18.2 Å². The molecule has 1 aromatic carbocycles. The minimum atomic E-state index is -0.0301. The van der Waals surface area contributed by atoms with Crippen molar-refractivity contribution < 1.29 is 4.79 Å². The third-order valence-electron chi connectivity index (χ3n) is 3.37. The number of benzene rings is 1. The number of rotatable bonds is 2. The lowest BCUT2D eigenvalue weighted by molar-refractivity contribution is 0.0735. The summed E-state index contributed by atoms with van der Waals surface area (Å²) < 4.78 is 0. The summed E-state index contributed by atoms with van der Waals surface area (Å²) in [6, 6.07) is 5.52. The molecule has 0 radical (unpaired) electrons. The van der Waals surface area contributed by atoms with Crippen LogP contribution in [0.2, 0.25) is 5.02 Å². The second-order valence-electron chi connectivity index (χ2n) is 4.41. The first-order valence-electron chi connectivity index (χ1n) is 6.00. The van der Waals surface area contributed by atoms with Gasteiger partial charge in [-0.15, -0.1) is 0 Å². The Morgan fingerprint density at radius 2 is 2.35 bits per heavy atom. The Balaban J connectivity index is 2.31. The molecule has 0 saturated carbocycles. The molecule has 0 aliphatic carbocycles. The number of amides is 1. The third-order valence-corrected chi connectivity index (χ3v) is 3.68. The van der Waals surface area contributed by atoms with Gasteiger partial charge >= 0.3 is 0 Å². The number of hydrogen-bond donors (Lipinski definition) is 1. The molecule has 2 N–H and O–H groups in total. The van der Waals surface area contributed by atoms with E-state index in [1.165, 1.54) is 0 Å². The van der Waals surface area contributed by atoms with E-state index < -0.39 is 0 Å². The van der Waals surface area contributed by atoms with Crippen molar-refractivity contribution in [1.29, 1.82) is 0 Å². The van der Waals surface area contributed by atoms with Crippen LogP contribution < -0.4 is 5.73 Å². The molecule has 1 unspecified atom stereocenters. The largest absolute Gasteiger partial charge is 0.398 e. The average molecular weight is 253 g/mol. The molecule has 1 heterocycles. The summed E-state index contributed by atoms with van der Waals surface area (Å²) in [5.74, 6) is -0.0301. The van der Waals surface area contributed by atoms with Crippen LogP contribution >= 0.6 is 11.6 Å². The lowest BCUT2D eigenvalue weighted by Crippen LogP contribution is -2.35. The van der Waals surface area contributed by atoms with E-state index in [0.717, 1.165) is 25.8 Å². The van der Waals surface area contributed by atoms with Gasteiger partial charge in [0.25, 0.3) is 5.91 Å². The lowest BCUT2D eigenvalue weighted by Gasteiger charge is -2.24. The minimum absolute atomic E-state index is 0.0301. The lowest BCUT2D eigenvalue weighted by atomic mass is 10.1. The summed E-state index contributed by atoms with van der Waals surface area (Å²) in [6.07, 6.45) is 3.12. The Hall–Kier alpha value is -1.22. The molecule has 1 aliphatic rings. The van der Waals surface area contributed by atoms with Crippen LogP contribution in [0.3, 0.4) is 0 Å². The summed E-state index contributed by atoms with van der Waals surface area (Å²) in [6.45, 7) is 2.91. The van der Waals surface area contributed by atoms with Crippen LogP contribution in [0.1, 0.15) is 36.5 Å². The normalized spacial score (nSPS) is 19.6. The van der Waals surface area contributed by atoms with Gasteiger partial charge in [0, 0.05) is 18.3 Å². The van der Waals surface area contributed by atoms with Gasteiger partial charge in [0.2, 0.25) is 0 Å². The van der Waals surface area contributed by atoms with Crippen molar-refractivity contribution in [3.05, 3.63) is 28.8 Å². The first kappa shape index (κ1) is 12.2. The van der Waals surface area contributed by atoms with Crippen molar-refractivity contribution in [2.75, 3.05) is 12.3 Å². The maximum absolute atomic E-state index is 12.4. The highest BCUT2D eigenvalue weighted by atomic mass is 35.5. The van der Waals surface area contributed by atoms with E-state index in [1.54, 1.807) is 18.2 Å². The van der Waals surface area contributed by atoms with E-state index in [1.807, 2.05) is 4.90 Å². The van der Waals surface area contributed by atoms with Crippen molar-refractivity contribution in [3.63, 3.8) is 0 Å². The number of halogens is 1. The summed E-state index contributed by atoms with van der Waals surface area (Å²) in [5.41, 5.74) is 6.76. The highest BCUT2D eigenvalue weighted by molar-refractivity contribution is 6.34. The van der Waals surface area contributed by atoms with Gasteiger partial charge < -0.3 is 10.6 Å². The molecule has 4 heteroatoms. The van der Waals surface area contributed by atoms with Crippen LogP contribution in [0, 0.1) is 0 Å². The van der Waals surface area contributed by atoms with Crippen LogP contribution in [-0.2, 0) is 0 Å². The van der Waals surface area contributed by atoms with E-state index in [0.29, 0.717) is 22.3 Å². The molecule has 1 amide bonds. The second-order valence-corrected chi connectivity index (χ2v) is 4.81. The van der Waals surface area contributed by atoms with Gasteiger partial charge in [-0.2, -0.15) is 0 Å². The van der Waals surface area contributed by atoms with Crippen molar-refractivity contribution in [1.82, 2.24) is 4.90 Å². The van der Waals surface area contributed by atoms with Gasteiger partial charge in [-0.3, -0.25) is 4.79 Å². The second kappa shape index (κ2) is 4.96. The quantitative estimate of drug-likeness (QED) is 0.823. The van der Waals surface area contributed by atoms with Gasteiger partial charge in [0.15, 0.2) is 0 Å². The average Bonchev–Trinajstić information content (AvgIpc) is 2.76. The number of nitrogens with two attached hydrogens (primary N) is 1. The van der Waals surface area contributed by atoms with Crippen LogP contribution in [0.25, 0.3) is 0 Å². The zero-order valence-corrected chi connectivity index (χ0v) is 10.7. The summed E-state index contributed by atoms with van der Waals surface area (Å²) >= 11 is 6.07. The monoisotopic (exact) mass is 252 g/mol. The Kier molecular flexibility index (Phi) is 3.57. The maximum Gasteiger partial charge on any atom is 0.257 e. The molecule has 0 bridgehead atoms. The van der Waals surface area contributed by atoms with Crippen LogP contribution in [0.5, 0.6) is 0 Å². The highest BCUT2D eigenvalue weighted by Gasteiger charge is 2.29. The van der Waals surface area contributed by atoms with E-state index in [9.17, 15) is 4.79 Å². The standard InChI is InChI=1S/C13H17ClN2O/c1-2-9-5-4-8-16(9)13(17)12-10(14)6-3-7-11(12)15/h3,6-7,9H,2,4-5,8,15H2,1H3. The zero-order valence-electron chi connectivity index (χ0n) is 9.95. The van der Waals surface area contributed by atoms with Crippen LogP contribution in [-0.4, -0.2) is 23.4 Å². The van der Waals surface area contributed by atoms with Crippen LogP contribution in [0.4, 0.5) is 5.69 Å². The summed E-state index contributed by atoms with van der Waals surface area (Å²) in [5, 5.41) is 0.441. The number of nitrogens with zero attached hydrogens (tertiary/aromatic N) is 1. The van der Waals surface area contributed by atoms with Crippen molar-refractivity contribution in [2.24, 2.45) is 0 Å². The van der Waals surface area contributed by atoms with Gasteiger partial charge in [-0.25, -0.2) is 0 Å². The van der Waals surface area contributed by atoms with E-state index in [-0.39, 0.29) is 5.91 Å². The fourth-order valence-corrected chi connectivity index (χ4v) is 2.70. The number of carbonyl (C=O) groups excluding carboxylic acids is 1. The highest BCUT2D eigenvalue weighted by Crippen LogP contribution is 2.28. The summed E-state index contributed by atoms with van der Waals surface area (Å²) in [4.78, 5) is 14.3. The first-order valence-corrected chi connectivity index (χ1v) is 6.38.